The van der Waals surface area contributed by atoms with Gasteiger partial charge in [-0.2, -0.15) is 13.2 Å². The summed E-state index contributed by atoms with van der Waals surface area (Å²) in [5.41, 5.74) is 0. The van der Waals surface area contributed by atoms with E-state index in [1.54, 1.807) is 0 Å². The van der Waals surface area contributed by atoms with Crippen molar-refractivity contribution in [3.63, 3.8) is 0 Å². The molecule has 0 unspecified atom stereocenters. The van der Waals surface area contributed by atoms with Gasteiger partial charge in [0.2, 0.25) is 0 Å². The Morgan fingerprint density at radius 1 is 1.04 bits per heavy atom. The molecular formula is C19H35F3N4. The lowest BCUT2D eigenvalue weighted by Gasteiger charge is -2.31. The predicted octanol–water partition coefficient (Wildman–Crippen LogP) is 3.78. The van der Waals surface area contributed by atoms with Crippen LogP contribution in [-0.2, 0) is 0 Å². The van der Waals surface area contributed by atoms with E-state index in [9.17, 15) is 13.2 Å². The molecule has 0 aromatic rings. The fourth-order valence-corrected chi connectivity index (χ4v) is 4.03. The third-order valence-electron chi connectivity index (χ3n) is 5.84. The first-order chi connectivity index (χ1) is 12.4. The first-order valence-corrected chi connectivity index (χ1v) is 10.3. The van der Waals surface area contributed by atoms with Crippen LogP contribution in [0.15, 0.2) is 4.99 Å². The Balaban J connectivity index is 1.73. The third kappa shape index (κ3) is 6.97. The van der Waals surface area contributed by atoms with Gasteiger partial charge in [0.25, 0.3) is 0 Å². The molecule has 0 atom stereocenters. The molecule has 2 N–H and O–H groups in total. The quantitative estimate of drug-likeness (QED) is 0.547. The predicted molar refractivity (Wildman–Crippen MR) is 100 cm³/mol. The van der Waals surface area contributed by atoms with Crippen molar-refractivity contribution in [3.05, 3.63) is 0 Å². The standard InChI is InChI=1S/C19H35F3N4/c1-3-23-18(24-12-9-15-10-13-26(4-2)14-11-15)25-17-7-5-16(6-8-17)19(20,21)22/h15-17H,3-14H2,1-2H3,(H2,23,24,25). The van der Waals surface area contributed by atoms with Crippen molar-refractivity contribution < 1.29 is 13.2 Å². The molecule has 0 bridgehead atoms. The Kier molecular flexibility index (Phi) is 8.51. The van der Waals surface area contributed by atoms with E-state index >= 15 is 0 Å². The molecule has 0 radical (unpaired) electrons. The van der Waals surface area contributed by atoms with Crippen LogP contribution in [0.25, 0.3) is 0 Å². The van der Waals surface area contributed by atoms with Crippen molar-refractivity contribution >= 4 is 5.96 Å². The smallest absolute Gasteiger partial charge is 0.357 e. The molecule has 1 aliphatic heterocycles. The van der Waals surface area contributed by atoms with Crippen LogP contribution in [0, 0.1) is 11.8 Å². The van der Waals surface area contributed by atoms with E-state index < -0.39 is 12.1 Å². The van der Waals surface area contributed by atoms with E-state index in [4.69, 9.17) is 0 Å². The van der Waals surface area contributed by atoms with Gasteiger partial charge in [-0.3, -0.25) is 4.99 Å². The fourth-order valence-electron chi connectivity index (χ4n) is 4.03. The molecule has 152 valence electrons. The minimum atomic E-state index is -4.04. The second-order valence-corrected chi connectivity index (χ2v) is 7.66. The number of guanidine groups is 1. The molecule has 1 saturated carbocycles. The molecule has 1 saturated heterocycles. The number of hydrogen-bond acceptors (Lipinski definition) is 2. The first-order valence-electron chi connectivity index (χ1n) is 10.3. The average Bonchev–Trinajstić information content (AvgIpc) is 2.62. The number of rotatable bonds is 6. The van der Waals surface area contributed by atoms with Crippen molar-refractivity contribution in [3.8, 4) is 0 Å². The summed E-state index contributed by atoms with van der Waals surface area (Å²) >= 11 is 0. The summed E-state index contributed by atoms with van der Waals surface area (Å²) in [7, 11) is 0. The van der Waals surface area contributed by atoms with Crippen LogP contribution in [0.3, 0.4) is 0 Å². The molecule has 2 rings (SSSR count). The molecule has 7 heteroatoms. The van der Waals surface area contributed by atoms with E-state index in [1.807, 2.05) is 6.92 Å². The van der Waals surface area contributed by atoms with Gasteiger partial charge in [-0.1, -0.05) is 6.92 Å². The van der Waals surface area contributed by atoms with Crippen LogP contribution in [0.1, 0.15) is 58.8 Å². The van der Waals surface area contributed by atoms with Crippen LogP contribution in [0.5, 0.6) is 0 Å². The van der Waals surface area contributed by atoms with Crippen LogP contribution < -0.4 is 10.6 Å². The Morgan fingerprint density at radius 2 is 1.69 bits per heavy atom. The number of piperidine rings is 1. The Labute approximate surface area is 156 Å². The minimum absolute atomic E-state index is 0.0965. The lowest BCUT2D eigenvalue weighted by Crippen LogP contribution is -2.46. The highest BCUT2D eigenvalue weighted by molar-refractivity contribution is 5.80. The first kappa shape index (κ1) is 21.3. The number of hydrogen-bond donors (Lipinski definition) is 2. The third-order valence-corrected chi connectivity index (χ3v) is 5.84. The van der Waals surface area contributed by atoms with Crippen LogP contribution >= 0.6 is 0 Å². The second kappa shape index (κ2) is 10.4. The van der Waals surface area contributed by atoms with Crippen LogP contribution in [-0.4, -0.2) is 55.8 Å². The molecule has 1 aliphatic carbocycles. The highest BCUT2D eigenvalue weighted by Gasteiger charge is 2.41. The zero-order valence-electron chi connectivity index (χ0n) is 16.2. The summed E-state index contributed by atoms with van der Waals surface area (Å²) in [6.45, 7) is 9.27. The van der Waals surface area contributed by atoms with E-state index in [0.29, 0.717) is 12.8 Å². The molecule has 26 heavy (non-hydrogen) atoms. The Hall–Kier alpha value is -0.980. The van der Waals surface area contributed by atoms with Crippen molar-refractivity contribution in [1.82, 2.24) is 15.5 Å². The summed E-state index contributed by atoms with van der Waals surface area (Å²) in [6.07, 6.45) is 1.09. The SMILES string of the molecule is CCNC(=NCCC1CCN(CC)CC1)NC1CCC(C(F)(F)F)CC1. The minimum Gasteiger partial charge on any atom is -0.357 e. The normalized spacial score (nSPS) is 26.7. The maximum Gasteiger partial charge on any atom is 0.391 e. The second-order valence-electron chi connectivity index (χ2n) is 7.66. The van der Waals surface area contributed by atoms with E-state index in [0.717, 1.165) is 37.9 Å². The summed E-state index contributed by atoms with van der Waals surface area (Å²) in [4.78, 5) is 7.16. The van der Waals surface area contributed by atoms with Gasteiger partial charge in [0.05, 0.1) is 5.92 Å². The fraction of sp³-hybridized carbons (Fsp3) is 0.947. The van der Waals surface area contributed by atoms with Gasteiger partial charge < -0.3 is 15.5 Å². The number of alkyl halides is 3. The van der Waals surface area contributed by atoms with Gasteiger partial charge in [0, 0.05) is 19.1 Å². The zero-order chi connectivity index (χ0) is 19.0. The van der Waals surface area contributed by atoms with Gasteiger partial charge in [0.15, 0.2) is 5.96 Å². The molecular weight excluding hydrogens is 341 g/mol. The highest BCUT2D eigenvalue weighted by Crippen LogP contribution is 2.37. The number of halogens is 3. The molecule has 0 aromatic carbocycles. The van der Waals surface area contributed by atoms with Gasteiger partial charge in [-0.05, 0) is 77.4 Å². The summed E-state index contributed by atoms with van der Waals surface area (Å²) in [5, 5.41) is 6.58. The molecule has 0 amide bonds. The largest absolute Gasteiger partial charge is 0.391 e. The van der Waals surface area contributed by atoms with E-state index in [-0.39, 0.29) is 18.9 Å². The van der Waals surface area contributed by atoms with Crippen molar-refractivity contribution in [1.29, 1.82) is 0 Å². The summed E-state index contributed by atoms with van der Waals surface area (Å²) in [5.74, 6) is 0.370. The molecule has 4 nitrogen and oxygen atoms in total. The van der Waals surface area contributed by atoms with Gasteiger partial charge in [0.1, 0.15) is 0 Å². The lowest BCUT2D eigenvalue weighted by atomic mass is 9.85. The maximum absolute atomic E-state index is 12.8. The highest BCUT2D eigenvalue weighted by atomic mass is 19.4. The van der Waals surface area contributed by atoms with Crippen LogP contribution in [0.4, 0.5) is 13.2 Å². The molecule has 0 aromatic heterocycles. The van der Waals surface area contributed by atoms with Gasteiger partial charge in [-0.15, -0.1) is 0 Å². The average molecular weight is 377 g/mol. The molecule has 2 aliphatic rings. The van der Waals surface area contributed by atoms with E-state index in [1.165, 1.54) is 25.9 Å². The monoisotopic (exact) mass is 376 g/mol. The van der Waals surface area contributed by atoms with E-state index in [2.05, 4.69) is 27.4 Å². The Morgan fingerprint density at radius 3 is 2.23 bits per heavy atom. The molecule has 2 fully saturated rings. The molecule has 0 spiro atoms. The summed E-state index contributed by atoms with van der Waals surface area (Å²) < 4.78 is 38.3. The number of likely N-dealkylation sites (tertiary alicyclic amines) is 1. The zero-order valence-corrected chi connectivity index (χ0v) is 16.2. The maximum atomic E-state index is 12.8. The topological polar surface area (TPSA) is 39.7 Å². The van der Waals surface area contributed by atoms with Crippen LogP contribution in [0.2, 0.25) is 0 Å². The van der Waals surface area contributed by atoms with Crippen molar-refractivity contribution in [2.75, 3.05) is 32.7 Å². The molecule has 1 heterocycles. The van der Waals surface area contributed by atoms with Gasteiger partial charge in [-0.25, -0.2) is 0 Å². The number of aliphatic imine (C=N–C) groups is 1. The van der Waals surface area contributed by atoms with Crippen molar-refractivity contribution in [2.45, 2.75) is 71.0 Å². The Bertz CT molecular complexity index is 423. The van der Waals surface area contributed by atoms with Crippen molar-refractivity contribution in [2.24, 2.45) is 16.8 Å². The lowest BCUT2D eigenvalue weighted by molar-refractivity contribution is -0.182. The number of nitrogens with zero attached hydrogens (tertiary/aromatic N) is 2. The number of nitrogens with one attached hydrogen (secondary N) is 2. The van der Waals surface area contributed by atoms with Gasteiger partial charge >= 0.3 is 6.18 Å². The summed E-state index contributed by atoms with van der Waals surface area (Å²) in [6, 6.07) is 0.0965.